The zero-order valence-electron chi connectivity index (χ0n) is 23.7. The van der Waals surface area contributed by atoms with Crippen molar-refractivity contribution in [2.24, 2.45) is 0 Å². The van der Waals surface area contributed by atoms with Crippen molar-refractivity contribution in [1.82, 2.24) is 25.6 Å². The fraction of sp³-hybridized carbons (Fsp3) is 0.265. The van der Waals surface area contributed by atoms with Gasteiger partial charge in [0.15, 0.2) is 0 Å². The first-order valence-corrected chi connectivity index (χ1v) is 14.4. The van der Waals surface area contributed by atoms with Gasteiger partial charge in [-0.2, -0.15) is 0 Å². The molecular weight excluding hydrogens is 526 g/mol. The SMILES string of the molecule is CC(=O)CCCCC[C@H](NC(=O)c1ccc2cnccc2n1)C(=O)NCCc1c(-c2ccccc2)[nH]c2ccccc12. The van der Waals surface area contributed by atoms with Gasteiger partial charge in [-0.05, 0) is 61.6 Å². The number of rotatable bonds is 13. The molecule has 42 heavy (non-hydrogen) atoms. The molecule has 5 aromatic rings. The van der Waals surface area contributed by atoms with Gasteiger partial charge in [-0.1, -0.05) is 61.4 Å². The number of para-hydroxylation sites is 1. The van der Waals surface area contributed by atoms with E-state index in [0.29, 0.717) is 37.7 Å². The van der Waals surface area contributed by atoms with E-state index in [1.54, 1.807) is 37.5 Å². The molecule has 0 fully saturated rings. The van der Waals surface area contributed by atoms with Crippen molar-refractivity contribution in [2.75, 3.05) is 6.54 Å². The van der Waals surface area contributed by atoms with E-state index in [4.69, 9.17) is 0 Å². The number of carbonyl (C=O) groups excluding carboxylic acids is 3. The van der Waals surface area contributed by atoms with Crippen LogP contribution in [0.2, 0.25) is 0 Å². The van der Waals surface area contributed by atoms with Gasteiger partial charge in [-0.3, -0.25) is 14.6 Å². The third kappa shape index (κ3) is 7.07. The third-order valence-corrected chi connectivity index (χ3v) is 7.42. The Kier molecular flexibility index (Phi) is 9.33. The van der Waals surface area contributed by atoms with Gasteiger partial charge in [-0.25, -0.2) is 4.98 Å². The molecule has 0 spiro atoms. The Bertz CT molecular complexity index is 1700. The number of hydrogen-bond donors (Lipinski definition) is 3. The Balaban J connectivity index is 1.28. The summed E-state index contributed by atoms with van der Waals surface area (Å²) in [5.41, 5.74) is 5.22. The monoisotopic (exact) mass is 561 g/mol. The van der Waals surface area contributed by atoms with Crippen molar-refractivity contribution in [2.45, 2.75) is 51.5 Å². The van der Waals surface area contributed by atoms with Crippen LogP contribution in [0.25, 0.3) is 33.1 Å². The first kappa shape index (κ1) is 28.7. The maximum atomic E-state index is 13.4. The minimum Gasteiger partial charge on any atom is -0.354 e. The molecule has 0 aliphatic heterocycles. The van der Waals surface area contributed by atoms with Gasteiger partial charge < -0.3 is 20.4 Å². The summed E-state index contributed by atoms with van der Waals surface area (Å²) in [7, 11) is 0. The molecule has 1 atom stereocenters. The number of nitrogens with one attached hydrogen (secondary N) is 3. The molecule has 0 bridgehead atoms. The fourth-order valence-electron chi connectivity index (χ4n) is 5.24. The zero-order valence-corrected chi connectivity index (χ0v) is 23.7. The van der Waals surface area contributed by atoms with Gasteiger partial charge >= 0.3 is 0 Å². The number of unbranched alkanes of at least 4 members (excludes halogenated alkanes) is 2. The Morgan fingerprint density at radius 1 is 0.905 bits per heavy atom. The van der Waals surface area contributed by atoms with Crippen LogP contribution in [0, 0.1) is 0 Å². The highest BCUT2D eigenvalue weighted by atomic mass is 16.2. The quantitative estimate of drug-likeness (QED) is 0.158. The van der Waals surface area contributed by atoms with E-state index in [0.717, 1.165) is 46.0 Å². The lowest BCUT2D eigenvalue weighted by Crippen LogP contribution is -2.47. The lowest BCUT2D eigenvalue weighted by atomic mass is 10.0. The molecule has 0 unspecified atom stereocenters. The number of ketones is 1. The molecule has 0 saturated heterocycles. The van der Waals surface area contributed by atoms with E-state index >= 15 is 0 Å². The summed E-state index contributed by atoms with van der Waals surface area (Å²) >= 11 is 0. The predicted octanol–water partition coefficient (Wildman–Crippen LogP) is 5.77. The summed E-state index contributed by atoms with van der Waals surface area (Å²) in [4.78, 5) is 50.0. The minimum atomic E-state index is -0.721. The highest BCUT2D eigenvalue weighted by molar-refractivity contribution is 5.98. The number of Topliss-reactive ketones (excluding diaryl/α,β-unsaturated/α-hetero) is 1. The smallest absolute Gasteiger partial charge is 0.270 e. The molecule has 8 nitrogen and oxygen atoms in total. The lowest BCUT2D eigenvalue weighted by Gasteiger charge is -2.19. The Hall–Kier alpha value is -4.85. The highest BCUT2D eigenvalue weighted by Crippen LogP contribution is 2.30. The van der Waals surface area contributed by atoms with Crippen LogP contribution in [0.1, 0.15) is 55.1 Å². The molecule has 0 aliphatic rings. The van der Waals surface area contributed by atoms with Crippen molar-refractivity contribution in [1.29, 1.82) is 0 Å². The van der Waals surface area contributed by atoms with E-state index in [9.17, 15) is 14.4 Å². The summed E-state index contributed by atoms with van der Waals surface area (Å²) in [6.45, 7) is 2.00. The van der Waals surface area contributed by atoms with Gasteiger partial charge in [0.2, 0.25) is 5.91 Å². The minimum absolute atomic E-state index is 0.155. The molecule has 0 radical (unpaired) electrons. The summed E-state index contributed by atoms with van der Waals surface area (Å²) in [5.74, 6) is -0.482. The van der Waals surface area contributed by atoms with Crippen molar-refractivity contribution < 1.29 is 14.4 Å². The molecule has 8 heteroatoms. The molecule has 2 amide bonds. The normalized spacial score (nSPS) is 11.8. The number of aromatic amines is 1. The molecule has 2 aromatic carbocycles. The van der Waals surface area contributed by atoms with Gasteiger partial charge in [0.25, 0.3) is 5.91 Å². The maximum absolute atomic E-state index is 13.4. The van der Waals surface area contributed by atoms with E-state index in [1.807, 2.05) is 30.3 Å². The topological polar surface area (TPSA) is 117 Å². The van der Waals surface area contributed by atoms with Crippen molar-refractivity contribution >= 4 is 39.4 Å². The molecule has 3 N–H and O–H groups in total. The molecule has 3 heterocycles. The average molecular weight is 562 g/mol. The second-order valence-corrected chi connectivity index (χ2v) is 10.5. The molecular formula is C34H35N5O3. The summed E-state index contributed by atoms with van der Waals surface area (Å²) in [6, 6.07) is 22.8. The maximum Gasteiger partial charge on any atom is 0.270 e. The third-order valence-electron chi connectivity index (χ3n) is 7.42. The molecule has 5 rings (SSSR count). The molecule has 3 aromatic heterocycles. The van der Waals surface area contributed by atoms with Crippen LogP contribution in [0.4, 0.5) is 0 Å². The number of H-pyrrole nitrogens is 1. The second kappa shape index (κ2) is 13.7. The Morgan fingerprint density at radius 3 is 2.55 bits per heavy atom. The van der Waals surface area contributed by atoms with Gasteiger partial charge in [0, 0.05) is 47.3 Å². The van der Waals surface area contributed by atoms with E-state index in [-0.39, 0.29) is 17.4 Å². The number of fused-ring (bicyclic) bond motifs is 2. The van der Waals surface area contributed by atoms with Gasteiger partial charge in [0.05, 0.1) is 5.52 Å². The lowest BCUT2D eigenvalue weighted by molar-refractivity contribution is -0.123. The van der Waals surface area contributed by atoms with Gasteiger partial charge in [-0.15, -0.1) is 0 Å². The van der Waals surface area contributed by atoms with Crippen molar-refractivity contribution in [3.63, 3.8) is 0 Å². The average Bonchev–Trinajstić information content (AvgIpc) is 3.38. The summed E-state index contributed by atoms with van der Waals surface area (Å²) < 4.78 is 0. The number of amides is 2. The van der Waals surface area contributed by atoms with Crippen LogP contribution in [0.5, 0.6) is 0 Å². The van der Waals surface area contributed by atoms with Crippen LogP contribution >= 0.6 is 0 Å². The van der Waals surface area contributed by atoms with Crippen LogP contribution in [0.3, 0.4) is 0 Å². The largest absolute Gasteiger partial charge is 0.354 e. The zero-order chi connectivity index (χ0) is 29.3. The number of nitrogens with zero attached hydrogens (tertiary/aromatic N) is 2. The first-order chi connectivity index (χ1) is 20.5. The van der Waals surface area contributed by atoms with E-state index in [2.05, 4.69) is 49.9 Å². The van der Waals surface area contributed by atoms with E-state index < -0.39 is 11.9 Å². The van der Waals surface area contributed by atoms with Crippen LogP contribution in [-0.2, 0) is 16.0 Å². The number of hydrogen-bond acceptors (Lipinski definition) is 5. The van der Waals surface area contributed by atoms with Crippen LogP contribution in [0.15, 0.2) is 85.2 Å². The molecule has 0 saturated carbocycles. The molecule has 0 aliphatic carbocycles. The van der Waals surface area contributed by atoms with Gasteiger partial charge in [0.1, 0.15) is 17.5 Å². The van der Waals surface area contributed by atoms with Crippen molar-refractivity contribution in [3.8, 4) is 11.3 Å². The molecule has 214 valence electrons. The van der Waals surface area contributed by atoms with Crippen LogP contribution in [-0.4, -0.2) is 45.1 Å². The Labute approximate surface area is 245 Å². The summed E-state index contributed by atoms with van der Waals surface area (Å²) in [5, 5.41) is 7.92. The Morgan fingerprint density at radius 2 is 1.71 bits per heavy atom. The summed E-state index contributed by atoms with van der Waals surface area (Å²) in [6.07, 6.45) is 7.21. The van der Waals surface area contributed by atoms with Crippen LogP contribution < -0.4 is 10.6 Å². The number of aromatic nitrogens is 3. The second-order valence-electron chi connectivity index (χ2n) is 10.5. The standard InChI is InChI=1S/C34H35N5O3/c1-23(40)10-4-2-7-15-30(39-34(42)31-17-16-25-22-35-20-19-28(25)37-31)33(41)36-21-18-27-26-13-8-9-14-29(26)38-32(27)24-11-5-3-6-12-24/h3,5-6,8-9,11-14,16-17,19-20,22,30,38H,2,4,7,10,15,18,21H2,1H3,(H,36,41)(H,39,42)/t30-/m0/s1. The number of benzene rings is 2. The number of pyridine rings is 2. The highest BCUT2D eigenvalue weighted by Gasteiger charge is 2.22. The van der Waals surface area contributed by atoms with E-state index in [1.165, 1.54) is 0 Å². The predicted molar refractivity (Wildman–Crippen MR) is 165 cm³/mol. The number of carbonyl (C=O) groups is 3. The first-order valence-electron chi connectivity index (χ1n) is 14.4. The van der Waals surface area contributed by atoms with Crippen molar-refractivity contribution in [3.05, 3.63) is 96.4 Å². The fourth-order valence-corrected chi connectivity index (χ4v) is 5.24.